The minimum Gasteiger partial charge on any atom is -0.383 e. The molecule has 3 aromatic heterocycles. The maximum Gasteiger partial charge on any atom is 0.243 e. The van der Waals surface area contributed by atoms with Crippen molar-refractivity contribution in [3.8, 4) is 22.9 Å². The number of nitrogens with one attached hydrogen (secondary N) is 1. The number of imidazole rings is 2. The van der Waals surface area contributed by atoms with Crippen LogP contribution in [0.25, 0.3) is 44.2 Å². The van der Waals surface area contributed by atoms with Gasteiger partial charge in [0.15, 0.2) is 5.82 Å². The Morgan fingerprint density at radius 2 is 1.97 bits per heavy atom. The van der Waals surface area contributed by atoms with Crippen LogP contribution in [-0.4, -0.2) is 77.2 Å². The number of aromatic nitrogens is 5. The first-order chi connectivity index (χ1) is 17.5. The number of rotatable bonds is 7. The molecule has 0 radical (unpaired) electrons. The van der Waals surface area contributed by atoms with Crippen LogP contribution in [0.1, 0.15) is 0 Å². The maximum atomic E-state index is 13.2. The first kappa shape index (κ1) is 23.3. The highest BCUT2D eigenvalue weighted by atomic mass is 32.2. The second-order valence-corrected chi connectivity index (χ2v) is 11.3. The van der Waals surface area contributed by atoms with E-state index in [2.05, 4.69) is 15.0 Å². The number of H-pyrrole nitrogens is 1. The fourth-order valence-corrected chi connectivity index (χ4v) is 6.49. The van der Waals surface area contributed by atoms with E-state index >= 15 is 0 Å². The van der Waals surface area contributed by atoms with Gasteiger partial charge in [-0.1, -0.05) is 0 Å². The van der Waals surface area contributed by atoms with Crippen molar-refractivity contribution in [1.82, 2.24) is 28.8 Å². The number of hydrogen-bond donors (Lipinski definition) is 1. The largest absolute Gasteiger partial charge is 0.383 e. The molecular formula is C24H24N6O4S2. The fourth-order valence-electron chi connectivity index (χ4n) is 4.41. The van der Waals surface area contributed by atoms with E-state index in [1.54, 1.807) is 36.8 Å². The van der Waals surface area contributed by atoms with Gasteiger partial charge in [-0.2, -0.15) is 4.31 Å². The smallest absolute Gasteiger partial charge is 0.243 e. The van der Waals surface area contributed by atoms with Gasteiger partial charge in [0, 0.05) is 32.3 Å². The molecule has 0 amide bonds. The lowest BCUT2D eigenvalue weighted by molar-refractivity contribution is 0.0730. The Morgan fingerprint density at radius 1 is 1.11 bits per heavy atom. The summed E-state index contributed by atoms with van der Waals surface area (Å²) in [6, 6.07) is 11.1. The van der Waals surface area contributed by atoms with Gasteiger partial charge < -0.3 is 19.0 Å². The molecule has 1 N–H and O–H groups in total. The monoisotopic (exact) mass is 524 g/mol. The molecule has 0 saturated carbocycles. The second-order valence-electron chi connectivity index (χ2n) is 8.43. The Labute approximate surface area is 211 Å². The van der Waals surface area contributed by atoms with Crippen LogP contribution in [0.5, 0.6) is 0 Å². The number of fused-ring (bicyclic) bond motifs is 2. The Hall–Kier alpha value is -3.16. The van der Waals surface area contributed by atoms with E-state index in [-0.39, 0.29) is 4.90 Å². The van der Waals surface area contributed by atoms with Crippen LogP contribution in [0.4, 0.5) is 0 Å². The van der Waals surface area contributed by atoms with Crippen LogP contribution in [0.2, 0.25) is 0 Å². The molecule has 186 valence electrons. The van der Waals surface area contributed by atoms with Crippen LogP contribution in [0, 0.1) is 0 Å². The molecule has 12 heteroatoms. The molecule has 1 aliphatic heterocycles. The van der Waals surface area contributed by atoms with E-state index in [0.29, 0.717) is 56.6 Å². The molecule has 1 saturated heterocycles. The van der Waals surface area contributed by atoms with Crippen LogP contribution in [0.3, 0.4) is 0 Å². The summed E-state index contributed by atoms with van der Waals surface area (Å²) in [6.45, 7) is 2.52. The van der Waals surface area contributed by atoms with Crippen LogP contribution < -0.4 is 0 Å². The summed E-state index contributed by atoms with van der Waals surface area (Å²) in [5.74, 6) is 1.37. The number of methoxy groups -OCH3 is 1. The SMILES string of the molecule is COCCn1c(-c2cnc(-c3ccc4scnc4c3)[nH]2)nc2cc(S(=O)(=O)N3CCOCC3)ccc21. The zero-order valence-electron chi connectivity index (χ0n) is 19.5. The normalized spacial score (nSPS) is 15.2. The van der Waals surface area contributed by atoms with Crippen molar-refractivity contribution >= 4 is 42.6 Å². The van der Waals surface area contributed by atoms with Gasteiger partial charge in [-0.15, -0.1) is 11.3 Å². The molecule has 4 heterocycles. The van der Waals surface area contributed by atoms with Crippen molar-refractivity contribution in [3.63, 3.8) is 0 Å². The molecule has 36 heavy (non-hydrogen) atoms. The summed E-state index contributed by atoms with van der Waals surface area (Å²) in [4.78, 5) is 17.4. The van der Waals surface area contributed by atoms with Gasteiger partial charge in [-0.25, -0.2) is 23.4 Å². The van der Waals surface area contributed by atoms with Crippen molar-refractivity contribution in [2.24, 2.45) is 0 Å². The first-order valence-electron chi connectivity index (χ1n) is 11.5. The first-order valence-corrected chi connectivity index (χ1v) is 13.8. The standard InChI is InChI=1S/C24H24N6O4S2/c1-33-9-8-30-21-4-3-17(36(31,32)29-6-10-34-11-7-29)13-18(21)28-24(30)20-14-25-23(27-20)16-2-5-22-19(12-16)26-15-35-22/h2-5,12-15H,6-11H2,1H3,(H,25,27). The highest BCUT2D eigenvalue weighted by molar-refractivity contribution is 7.89. The summed E-state index contributed by atoms with van der Waals surface area (Å²) in [7, 11) is -1.98. The highest BCUT2D eigenvalue weighted by Gasteiger charge is 2.27. The van der Waals surface area contributed by atoms with Crippen LogP contribution in [0.15, 0.2) is 53.0 Å². The van der Waals surface area contributed by atoms with Crippen molar-refractivity contribution in [3.05, 3.63) is 48.1 Å². The molecule has 0 unspecified atom stereocenters. The Kier molecular flexibility index (Phi) is 6.05. The molecule has 2 aromatic carbocycles. The van der Waals surface area contributed by atoms with Crippen molar-refractivity contribution < 1.29 is 17.9 Å². The lowest BCUT2D eigenvalue weighted by Crippen LogP contribution is -2.40. The minimum absolute atomic E-state index is 0.224. The van der Waals surface area contributed by atoms with E-state index in [1.807, 2.05) is 34.3 Å². The Bertz CT molecular complexity index is 1650. The zero-order chi connectivity index (χ0) is 24.7. The topological polar surface area (TPSA) is 115 Å². The molecule has 1 aliphatic rings. The molecule has 6 rings (SSSR count). The van der Waals surface area contributed by atoms with Gasteiger partial charge in [-0.3, -0.25) is 0 Å². The lowest BCUT2D eigenvalue weighted by Gasteiger charge is -2.26. The third kappa shape index (κ3) is 4.10. The summed E-state index contributed by atoms with van der Waals surface area (Å²) >= 11 is 1.60. The maximum absolute atomic E-state index is 13.2. The van der Waals surface area contributed by atoms with E-state index in [1.165, 1.54) is 4.31 Å². The number of nitrogens with zero attached hydrogens (tertiary/aromatic N) is 5. The third-order valence-electron chi connectivity index (χ3n) is 6.27. The highest BCUT2D eigenvalue weighted by Crippen LogP contribution is 2.30. The Balaban J connectivity index is 1.40. The summed E-state index contributed by atoms with van der Waals surface area (Å²) in [5.41, 5.74) is 5.83. The average Bonchev–Trinajstić information content (AvgIpc) is 3.65. The van der Waals surface area contributed by atoms with Crippen LogP contribution >= 0.6 is 11.3 Å². The molecule has 5 aromatic rings. The van der Waals surface area contributed by atoms with Gasteiger partial charge in [0.2, 0.25) is 10.0 Å². The quantitative estimate of drug-likeness (QED) is 0.347. The van der Waals surface area contributed by atoms with Gasteiger partial charge in [-0.05, 0) is 36.4 Å². The van der Waals surface area contributed by atoms with Gasteiger partial charge in [0.1, 0.15) is 11.5 Å². The van der Waals surface area contributed by atoms with Gasteiger partial charge >= 0.3 is 0 Å². The molecule has 10 nitrogen and oxygen atoms in total. The van der Waals surface area contributed by atoms with Crippen molar-refractivity contribution in [2.75, 3.05) is 40.0 Å². The minimum atomic E-state index is -3.63. The molecule has 0 aliphatic carbocycles. The molecule has 0 spiro atoms. The number of thiazole rings is 1. The average molecular weight is 525 g/mol. The predicted molar refractivity (Wildman–Crippen MR) is 137 cm³/mol. The van der Waals surface area contributed by atoms with Crippen molar-refractivity contribution in [1.29, 1.82) is 0 Å². The van der Waals surface area contributed by atoms with Gasteiger partial charge in [0.05, 0.1) is 57.7 Å². The van der Waals surface area contributed by atoms with E-state index < -0.39 is 10.0 Å². The number of sulfonamides is 1. The molecular weight excluding hydrogens is 500 g/mol. The number of aromatic amines is 1. The predicted octanol–water partition coefficient (Wildman–Crippen LogP) is 3.37. The van der Waals surface area contributed by atoms with E-state index in [4.69, 9.17) is 14.5 Å². The number of benzene rings is 2. The Morgan fingerprint density at radius 3 is 2.81 bits per heavy atom. The van der Waals surface area contributed by atoms with Crippen molar-refractivity contribution in [2.45, 2.75) is 11.4 Å². The lowest BCUT2D eigenvalue weighted by atomic mass is 10.2. The van der Waals surface area contributed by atoms with E-state index in [9.17, 15) is 8.42 Å². The number of ether oxygens (including phenoxy) is 2. The summed E-state index contributed by atoms with van der Waals surface area (Å²) in [5, 5.41) is 0. The fraction of sp³-hybridized carbons (Fsp3) is 0.292. The third-order valence-corrected chi connectivity index (χ3v) is 8.97. The van der Waals surface area contributed by atoms with Gasteiger partial charge in [0.25, 0.3) is 0 Å². The summed E-state index contributed by atoms with van der Waals surface area (Å²) in [6.07, 6.45) is 1.75. The number of hydrogen-bond acceptors (Lipinski definition) is 8. The zero-order valence-corrected chi connectivity index (χ0v) is 21.2. The molecule has 1 fully saturated rings. The second kappa shape index (κ2) is 9.37. The van der Waals surface area contributed by atoms with E-state index in [0.717, 1.165) is 27.0 Å². The summed E-state index contributed by atoms with van der Waals surface area (Å²) < 4.78 is 41.6. The molecule has 0 atom stereocenters. The number of morpholine rings is 1. The molecule has 0 bridgehead atoms. The van der Waals surface area contributed by atoms with Crippen LogP contribution in [-0.2, 0) is 26.0 Å².